The molecule has 1 atom stereocenters. The van der Waals surface area contributed by atoms with Crippen LogP contribution in [0.2, 0.25) is 0 Å². The number of hydrogen-bond acceptors (Lipinski definition) is 4. The van der Waals surface area contributed by atoms with Crippen LogP contribution in [0.3, 0.4) is 0 Å². The Kier molecular flexibility index (Phi) is 11.0. The lowest BCUT2D eigenvalue weighted by molar-refractivity contribution is -0.149. The lowest BCUT2D eigenvalue weighted by Gasteiger charge is -2.30. The summed E-state index contributed by atoms with van der Waals surface area (Å²) in [5.41, 5.74) is 0. The van der Waals surface area contributed by atoms with E-state index in [9.17, 15) is 14.4 Å². The number of carboxylic acids is 1. The molecule has 0 rings (SSSR count). The van der Waals surface area contributed by atoms with Crippen LogP contribution < -0.4 is 0 Å². The van der Waals surface area contributed by atoms with E-state index in [2.05, 4.69) is 6.92 Å². The van der Waals surface area contributed by atoms with Crippen LogP contribution in [0.15, 0.2) is 0 Å². The Balaban J connectivity index is 4.80. The molecule has 0 aliphatic rings. The molecule has 7 heteroatoms. The smallest absolute Gasteiger partial charge is 0.305 e. The van der Waals surface area contributed by atoms with Crippen LogP contribution in [0.1, 0.15) is 45.4 Å². The Morgan fingerprint density at radius 2 is 1.58 bits per heavy atom. The van der Waals surface area contributed by atoms with Crippen molar-refractivity contribution in [2.75, 3.05) is 41.3 Å². The van der Waals surface area contributed by atoms with Crippen LogP contribution in [0.4, 0.5) is 0 Å². The molecule has 7 nitrogen and oxygen atoms in total. The summed E-state index contributed by atoms with van der Waals surface area (Å²) in [6, 6.07) is -0.951. The van der Waals surface area contributed by atoms with Crippen molar-refractivity contribution in [2.24, 2.45) is 0 Å². The first-order valence-corrected chi connectivity index (χ1v) is 8.57. The van der Waals surface area contributed by atoms with E-state index in [1.807, 2.05) is 19.0 Å². The topological polar surface area (TPSA) is 81.2 Å². The second-order valence-electron chi connectivity index (χ2n) is 6.49. The van der Waals surface area contributed by atoms with Crippen molar-refractivity contribution in [1.29, 1.82) is 0 Å². The molecule has 0 heterocycles. The number of amides is 2. The maximum Gasteiger partial charge on any atom is 0.305 e. The van der Waals surface area contributed by atoms with Crippen molar-refractivity contribution in [2.45, 2.75) is 51.5 Å². The zero-order chi connectivity index (χ0) is 18.7. The molecule has 1 N–H and O–H groups in total. The van der Waals surface area contributed by atoms with Crippen molar-refractivity contribution in [3.8, 4) is 0 Å². The average Bonchev–Trinajstić information content (AvgIpc) is 2.52. The van der Waals surface area contributed by atoms with Crippen LogP contribution in [0, 0.1) is 0 Å². The highest BCUT2D eigenvalue weighted by Gasteiger charge is 2.31. The Labute approximate surface area is 145 Å². The van der Waals surface area contributed by atoms with Gasteiger partial charge in [-0.1, -0.05) is 26.2 Å². The van der Waals surface area contributed by atoms with Crippen LogP contribution in [0.5, 0.6) is 0 Å². The molecule has 2 amide bonds. The molecule has 0 unspecified atom stereocenters. The van der Waals surface area contributed by atoms with Gasteiger partial charge in [-0.3, -0.25) is 14.4 Å². The number of carboxylic acid groups (broad SMARTS) is 1. The minimum Gasteiger partial charge on any atom is -0.481 e. The lowest BCUT2D eigenvalue weighted by atomic mass is 10.1. The number of rotatable bonds is 12. The molecule has 0 aromatic rings. The molecule has 0 aliphatic heterocycles. The number of hydrogen-bond donors (Lipinski definition) is 1. The fraction of sp³-hybridized carbons (Fsp3) is 0.824. The zero-order valence-corrected chi connectivity index (χ0v) is 15.7. The predicted octanol–water partition coefficient (Wildman–Crippen LogP) is 1.28. The fourth-order valence-corrected chi connectivity index (χ4v) is 2.32. The molecule has 0 aliphatic carbocycles. The molecule has 0 bridgehead atoms. The molecule has 140 valence electrons. The number of carbonyl (C=O) groups is 3. The van der Waals surface area contributed by atoms with Gasteiger partial charge in [-0.05, 0) is 20.5 Å². The Hall–Kier alpha value is -1.63. The summed E-state index contributed by atoms with van der Waals surface area (Å²) < 4.78 is 0. The lowest BCUT2D eigenvalue weighted by Crippen LogP contribution is -2.50. The van der Waals surface area contributed by atoms with Gasteiger partial charge in [0.15, 0.2) is 0 Å². The summed E-state index contributed by atoms with van der Waals surface area (Å²) >= 11 is 0. The van der Waals surface area contributed by atoms with Gasteiger partial charge >= 0.3 is 5.97 Å². The first kappa shape index (κ1) is 22.4. The summed E-state index contributed by atoms with van der Waals surface area (Å²) in [7, 11) is 6.96. The molecule has 0 fully saturated rings. The normalized spacial score (nSPS) is 12.1. The second kappa shape index (κ2) is 11.8. The number of unbranched alkanes of at least 4 members (excludes halogenated alkanes) is 3. The van der Waals surface area contributed by atoms with E-state index in [4.69, 9.17) is 5.11 Å². The quantitative estimate of drug-likeness (QED) is 0.540. The number of carbonyl (C=O) groups excluding carboxylic acids is 2. The van der Waals surface area contributed by atoms with Crippen molar-refractivity contribution in [3.05, 3.63) is 0 Å². The number of nitrogens with zero attached hydrogens (tertiary/aromatic N) is 3. The van der Waals surface area contributed by atoms with E-state index in [1.54, 1.807) is 7.05 Å². The van der Waals surface area contributed by atoms with Gasteiger partial charge in [0.05, 0.1) is 6.42 Å². The number of aliphatic carboxylic acids is 1. The minimum absolute atomic E-state index is 0.174. The van der Waals surface area contributed by atoms with E-state index >= 15 is 0 Å². The Bertz CT molecular complexity index is 413. The third kappa shape index (κ3) is 8.86. The van der Waals surface area contributed by atoms with Gasteiger partial charge in [-0.15, -0.1) is 0 Å². The molecule has 0 aromatic carbocycles. The first-order chi connectivity index (χ1) is 11.2. The standard InChI is InChI=1S/C17H33N3O4/c1-6-7-8-9-10-15(21)20(5)14(13-16(22)23)17(24)19(4)12-11-18(2)3/h14H,6-13H2,1-5H3,(H,22,23)/t14-/m0/s1. The molecule has 0 radical (unpaired) electrons. The zero-order valence-electron chi connectivity index (χ0n) is 15.7. The van der Waals surface area contributed by atoms with Gasteiger partial charge in [0, 0.05) is 33.6 Å². The highest BCUT2D eigenvalue weighted by Crippen LogP contribution is 2.11. The third-order valence-corrected chi connectivity index (χ3v) is 4.02. The van der Waals surface area contributed by atoms with E-state index in [-0.39, 0.29) is 18.2 Å². The Morgan fingerprint density at radius 3 is 2.08 bits per heavy atom. The molecule has 24 heavy (non-hydrogen) atoms. The maximum atomic E-state index is 12.6. The molecule has 0 saturated heterocycles. The van der Waals surface area contributed by atoms with Crippen LogP contribution in [-0.4, -0.2) is 84.9 Å². The van der Waals surface area contributed by atoms with E-state index in [0.29, 0.717) is 19.5 Å². The fourth-order valence-electron chi connectivity index (χ4n) is 2.32. The SMILES string of the molecule is CCCCCCC(=O)N(C)[C@@H](CC(=O)O)C(=O)N(C)CCN(C)C. The van der Waals surface area contributed by atoms with E-state index in [1.165, 1.54) is 16.8 Å². The van der Waals surface area contributed by atoms with Gasteiger partial charge in [0.25, 0.3) is 0 Å². The summed E-state index contributed by atoms with van der Waals surface area (Å²) in [6.45, 7) is 3.26. The minimum atomic E-state index is -1.08. The van der Waals surface area contributed by atoms with Crippen molar-refractivity contribution < 1.29 is 19.5 Å². The molecular weight excluding hydrogens is 310 g/mol. The summed E-state index contributed by atoms with van der Waals surface area (Å²) in [5, 5.41) is 9.09. The summed E-state index contributed by atoms with van der Waals surface area (Å²) in [4.78, 5) is 40.7. The second-order valence-corrected chi connectivity index (χ2v) is 6.49. The van der Waals surface area contributed by atoms with Gasteiger partial charge in [0.1, 0.15) is 6.04 Å². The van der Waals surface area contributed by atoms with Gasteiger partial charge in [0.2, 0.25) is 11.8 Å². The average molecular weight is 343 g/mol. The van der Waals surface area contributed by atoms with E-state index < -0.39 is 12.0 Å². The van der Waals surface area contributed by atoms with Crippen molar-refractivity contribution in [3.63, 3.8) is 0 Å². The maximum absolute atomic E-state index is 12.6. The molecular formula is C17H33N3O4. The molecule has 0 aromatic heterocycles. The van der Waals surface area contributed by atoms with Crippen molar-refractivity contribution in [1.82, 2.24) is 14.7 Å². The van der Waals surface area contributed by atoms with Crippen LogP contribution >= 0.6 is 0 Å². The number of likely N-dealkylation sites (N-methyl/N-ethyl adjacent to an activating group) is 3. The highest BCUT2D eigenvalue weighted by atomic mass is 16.4. The largest absolute Gasteiger partial charge is 0.481 e. The summed E-state index contributed by atoms with van der Waals surface area (Å²) in [6.07, 6.45) is 3.87. The predicted molar refractivity (Wildman–Crippen MR) is 93.8 cm³/mol. The molecule has 0 saturated carbocycles. The van der Waals surface area contributed by atoms with Crippen molar-refractivity contribution >= 4 is 17.8 Å². The van der Waals surface area contributed by atoms with Gasteiger partial charge in [-0.2, -0.15) is 0 Å². The van der Waals surface area contributed by atoms with E-state index in [0.717, 1.165) is 25.7 Å². The Morgan fingerprint density at radius 1 is 0.958 bits per heavy atom. The van der Waals surface area contributed by atoms with Crippen LogP contribution in [0.25, 0.3) is 0 Å². The van der Waals surface area contributed by atoms with Gasteiger partial charge in [-0.25, -0.2) is 0 Å². The van der Waals surface area contributed by atoms with Crippen LogP contribution in [-0.2, 0) is 14.4 Å². The first-order valence-electron chi connectivity index (χ1n) is 8.57. The third-order valence-electron chi connectivity index (χ3n) is 4.02. The monoisotopic (exact) mass is 343 g/mol. The van der Waals surface area contributed by atoms with Gasteiger partial charge < -0.3 is 19.8 Å². The molecule has 0 spiro atoms. The summed E-state index contributed by atoms with van der Waals surface area (Å²) in [5.74, 6) is -1.59. The highest BCUT2D eigenvalue weighted by molar-refractivity contribution is 5.90.